The van der Waals surface area contributed by atoms with Crippen LogP contribution in [0.25, 0.3) is 0 Å². The molecule has 0 N–H and O–H groups in total. The Morgan fingerprint density at radius 1 is 0.514 bits per heavy atom. The van der Waals surface area contributed by atoms with Gasteiger partial charge >= 0.3 is 0 Å². The highest BCUT2D eigenvalue weighted by Crippen LogP contribution is 2.49. The van der Waals surface area contributed by atoms with E-state index in [1.165, 1.54) is 22.3 Å². The highest BCUT2D eigenvalue weighted by atomic mass is 31.1. The molecule has 2 rings (SSSR count). The Hall–Kier alpha value is -0.830. The Balaban J connectivity index is 2.75. The van der Waals surface area contributed by atoms with E-state index in [0.29, 0.717) is 22.6 Å². The zero-order valence-electron chi connectivity index (χ0n) is 25.2. The second kappa shape index (κ2) is 11.7. The van der Waals surface area contributed by atoms with Gasteiger partial charge in [0.1, 0.15) is 0 Å². The van der Waals surface area contributed by atoms with E-state index >= 15 is 0 Å². The molecular weight excluding hydrogens is 458 g/mol. The molecule has 2 aromatic carbocycles. The summed E-state index contributed by atoms with van der Waals surface area (Å²) in [6, 6.07) is 14.7. The van der Waals surface area contributed by atoms with Crippen LogP contribution in [0.4, 0.5) is 0 Å². The van der Waals surface area contributed by atoms with E-state index in [4.69, 9.17) is 0 Å². The molecule has 0 atom stereocenters. The first-order valence-electron chi connectivity index (χ1n) is 13.7. The molecule has 0 bridgehead atoms. The molecule has 0 radical (unpaired) electrons. The highest BCUT2D eigenvalue weighted by Gasteiger charge is 2.24. The molecule has 0 aliphatic heterocycles. The third-order valence-electron chi connectivity index (χ3n) is 6.89. The lowest BCUT2D eigenvalue weighted by atomic mass is 9.85. The first kappa shape index (κ1) is 30.4. The predicted molar refractivity (Wildman–Crippen MR) is 166 cm³/mol. The van der Waals surface area contributed by atoms with Crippen molar-refractivity contribution in [1.29, 1.82) is 0 Å². The zero-order valence-corrected chi connectivity index (χ0v) is 27.0. The van der Waals surface area contributed by atoms with Gasteiger partial charge < -0.3 is 0 Å². The van der Waals surface area contributed by atoms with Crippen LogP contribution in [0.3, 0.4) is 0 Å². The molecule has 2 aromatic rings. The topological polar surface area (TPSA) is 0 Å². The first-order chi connectivity index (χ1) is 15.9. The van der Waals surface area contributed by atoms with Crippen LogP contribution in [0.1, 0.15) is 119 Å². The van der Waals surface area contributed by atoms with Crippen molar-refractivity contribution < 1.29 is 0 Å². The van der Waals surface area contributed by atoms with Gasteiger partial charge in [0.2, 0.25) is 0 Å². The van der Waals surface area contributed by atoms with E-state index < -0.39 is 0 Å². The summed E-state index contributed by atoms with van der Waals surface area (Å²) >= 11 is 0. The average molecular weight is 512 g/mol. The van der Waals surface area contributed by atoms with Crippen LogP contribution in [0, 0.1) is 6.42 Å². The first-order valence-corrected chi connectivity index (χ1v) is 16.6. The van der Waals surface area contributed by atoms with Crippen molar-refractivity contribution in [3.05, 3.63) is 65.1 Å². The van der Waals surface area contributed by atoms with Crippen molar-refractivity contribution in [2.75, 3.05) is 0 Å². The van der Waals surface area contributed by atoms with Crippen LogP contribution in [-0.2, 0) is 10.8 Å². The molecule has 2 heteroatoms. The molecular formula is C33H53P2-. The lowest BCUT2D eigenvalue weighted by Gasteiger charge is -2.36. The van der Waals surface area contributed by atoms with Gasteiger partial charge in [-0.1, -0.05) is 143 Å². The van der Waals surface area contributed by atoms with Gasteiger partial charge in [0, 0.05) is 0 Å². The molecule has 0 saturated heterocycles. The summed E-state index contributed by atoms with van der Waals surface area (Å²) < 4.78 is 0. The fourth-order valence-electron chi connectivity index (χ4n) is 5.18. The number of rotatable bonds is 8. The Labute approximate surface area is 221 Å². The van der Waals surface area contributed by atoms with Gasteiger partial charge in [-0.3, -0.25) is 0 Å². The molecule has 0 spiro atoms. The van der Waals surface area contributed by atoms with Gasteiger partial charge in [0.25, 0.3) is 0 Å². The molecule has 35 heavy (non-hydrogen) atoms. The number of hydrogen-bond acceptors (Lipinski definition) is 0. The maximum Gasteiger partial charge on any atom is -0.0144 e. The summed E-state index contributed by atoms with van der Waals surface area (Å²) in [6.07, 6.45) is 2.53. The lowest BCUT2D eigenvalue weighted by molar-refractivity contribution is 0.590. The monoisotopic (exact) mass is 511 g/mol. The standard InChI is InChI=1S/C33H53P2/c1-22(2)34(23(3)4)30-20-28(32(9,10)11)17-15-26(30)19-27-16-18-29(33(12,13)14)21-31(27)35(24(5)6)25(7)8/h15-25H,1-14H3/q-1. The van der Waals surface area contributed by atoms with Crippen LogP contribution in [-0.4, -0.2) is 22.6 Å². The highest BCUT2D eigenvalue weighted by molar-refractivity contribution is 7.67. The maximum atomic E-state index is 2.55. The summed E-state index contributed by atoms with van der Waals surface area (Å²) in [6.45, 7) is 33.4. The van der Waals surface area contributed by atoms with Crippen molar-refractivity contribution in [3.63, 3.8) is 0 Å². The van der Waals surface area contributed by atoms with E-state index in [-0.39, 0.29) is 26.7 Å². The summed E-state index contributed by atoms with van der Waals surface area (Å²) in [7, 11) is -0.509. The number of hydrogen-bond donors (Lipinski definition) is 0. The summed E-state index contributed by atoms with van der Waals surface area (Å²) in [5, 5.41) is 3.17. The van der Waals surface area contributed by atoms with Crippen molar-refractivity contribution in [1.82, 2.24) is 0 Å². The van der Waals surface area contributed by atoms with Crippen LogP contribution in [0.5, 0.6) is 0 Å². The third-order valence-corrected chi connectivity index (χ3v) is 13.2. The quantitative estimate of drug-likeness (QED) is 0.244. The Morgan fingerprint density at radius 2 is 0.800 bits per heavy atom. The second-order valence-corrected chi connectivity index (χ2v) is 20.1. The van der Waals surface area contributed by atoms with Gasteiger partial charge in [0.15, 0.2) is 0 Å². The molecule has 0 unspecified atom stereocenters. The molecule has 0 nitrogen and oxygen atoms in total. The van der Waals surface area contributed by atoms with Crippen molar-refractivity contribution >= 4 is 26.5 Å². The maximum absolute atomic E-state index is 2.55. The molecule has 0 aromatic heterocycles. The van der Waals surface area contributed by atoms with E-state index in [1.54, 1.807) is 10.6 Å². The van der Waals surface area contributed by atoms with Gasteiger partial charge in [-0.05, 0) is 33.5 Å². The molecule has 0 amide bonds. The minimum absolute atomic E-state index is 0.158. The van der Waals surface area contributed by atoms with Crippen LogP contribution < -0.4 is 10.6 Å². The molecule has 0 aliphatic rings. The smallest absolute Gasteiger partial charge is 0.0144 e. The Kier molecular flexibility index (Phi) is 10.2. The fourth-order valence-corrected chi connectivity index (χ4v) is 11.2. The van der Waals surface area contributed by atoms with Crippen molar-refractivity contribution in [2.45, 2.75) is 130 Å². The van der Waals surface area contributed by atoms with Gasteiger partial charge in [-0.25, -0.2) is 0 Å². The van der Waals surface area contributed by atoms with E-state index in [2.05, 4.69) is 140 Å². The summed E-state index contributed by atoms with van der Waals surface area (Å²) in [5.41, 5.74) is 8.74. The van der Waals surface area contributed by atoms with E-state index in [9.17, 15) is 0 Å². The normalized spacial score (nSPS) is 13.3. The van der Waals surface area contributed by atoms with Gasteiger partial charge in [0.05, 0.1) is 0 Å². The largest absolute Gasteiger partial charge is 0.125 e. The third kappa shape index (κ3) is 7.59. The summed E-state index contributed by atoms with van der Waals surface area (Å²) in [4.78, 5) is 0. The van der Waals surface area contributed by atoms with Crippen molar-refractivity contribution in [2.24, 2.45) is 0 Å². The fraction of sp³-hybridized carbons (Fsp3) is 0.606. The minimum atomic E-state index is -0.255. The van der Waals surface area contributed by atoms with Crippen LogP contribution in [0.2, 0.25) is 0 Å². The average Bonchev–Trinajstić information content (AvgIpc) is 2.67. The van der Waals surface area contributed by atoms with E-state index in [0.717, 1.165) is 0 Å². The lowest BCUT2D eigenvalue weighted by Crippen LogP contribution is -2.25. The van der Waals surface area contributed by atoms with Crippen LogP contribution >= 0.6 is 15.8 Å². The predicted octanol–water partition coefficient (Wildman–Crippen LogP) is 9.73. The van der Waals surface area contributed by atoms with Gasteiger partial charge in [-0.15, -0.1) is 45.5 Å². The Morgan fingerprint density at radius 3 is 1.03 bits per heavy atom. The molecule has 0 fully saturated rings. The Bertz CT molecular complexity index is 872. The SMILES string of the molecule is CC(C)P(c1cc(C(C)(C)C)ccc1[CH-]c1ccc(C(C)(C)C)cc1P(C(C)C)C(C)C)C(C)C. The molecule has 0 aliphatic carbocycles. The van der Waals surface area contributed by atoms with Gasteiger partial charge in [-0.2, -0.15) is 0 Å². The zero-order chi connectivity index (χ0) is 26.9. The van der Waals surface area contributed by atoms with E-state index in [1.807, 2.05) is 0 Å². The minimum Gasteiger partial charge on any atom is -0.125 e. The summed E-state index contributed by atoms with van der Waals surface area (Å²) in [5.74, 6) is 0. The van der Waals surface area contributed by atoms with Crippen molar-refractivity contribution in [3.8, 4) is 0 Å². The molecule has 196 valence electrons. The number of benzene rings is 2. The molecule has 0 saturated carbocycles. The van der Waals surface area contributed by atoms with Crippen LogP contribution in [0.15, 0.2) is 36.4 Å². The second-order valence-electron chi connectivity index (χ2n) is 13.4. The molecule has 0 heterocycles.